The van der Waals surface area contributed by atoms with E-state index in [0.717, 1.165) is 0 Å². The Morgan fingerprint density at radius 3 is 2.32 bits per heavy atom. The summed E-state index contributed by atoms with van der Waals surface area (Å²) in [6, 6.07) is 13.2. The number of fused-ring (bicyclic) bond motifs is 1. The maximum Gasteiger partial charge on any atom is 0.148 e. The Morgan fingerprint density at radius 2 is 1.64 bits per heavy atom. The van der Waals surface area contributed by atoms with Gasteiger partial charge < -0.3 is 10.1 Å². The van der Waals surface area contributed by atoms with Gasteiger partial charge in [0.2, 0.25) is 0 Å². The van der Waals surface area contributed by atoms with Crippen LogP contribution in [-0.4, -0.2) is 42.5 Å². The second-order valence-corrected chi connectivity index (χ2v) is 7.33. The maximum absolute atomic E-state index is 14.3. The van der Waals surface area contributed by atoms with Crippen LogP contribution >= 0.6 is 11.0 Å². The molecule has 0 aromatic heterocycles. The Morgan fingerprint density at radius 1 is 1.00 bits per heavy atom. The molecule has 0 fully saturated rings. The van der Waals surface area contributed by atoms with E-state index in [4.69, 9.17) is 4.74 Å². The molecule has 136 valence electrons. The van der Waals surface area contributed by atoms with Crippen LogP contribution in [0.3, 0.4) is 0 Å². The van der Waals surface area contributed by atoms with E-state index in [1.165, 1.54) is 20.7 Å². The van der Waals surface area contributed by atoms with Crippen LogP contribution in [0.1, 0.15) is 0 Å². The second-order valence-electron chi connectivity index (χ2n) is 5.54. The summed E-state index contributed by atoms with van der Waals surface area (Å²) < 4.78 is 44.3. The van der Waals surface area contributed by atoms with Crippen LogP contribution < -0.4 is 13.9 Å². The van der Waals surface area contributed by atoms with Crippen molar-refractivity contribution in [1.82, 2.24) is 5.32 Å². The van der Waals surface area contributed by atoms with E-state index in [9.17, 15) is 13.5 Å². The number of benzene rings is 2. The van der Waals surface area contributed by atoms with Gasteiger partial charge in [-0.1, -0.05) is 24.3 Å². The summed E-state index contributed by atoms with van der Waals surface area (Å²) in [6.45, 7) is 1.86. The van der Waals surface area contributed by atoms with Crippen LogP contribution in [0.2, 0.25) is 0 Å². The van der Waals surface area contributed by atoms with Crippen molar-refractivity contribution in [3.05, 3.63) is 54.3 Å². The summed E-state index contributed by atoms with van der Waals surface area (Å²) in [7, 11) is -1.59. The highest BCUT2D eigenvalue weighted by molar-refractivity contribution is 8.27. The van der Waals surface area contributed by atoms with Crippen molar-refractivity contribution in [2.24, 2.45) is 0 Å². The number of hydrogen-bond donors (Lipinski definition) is 3. The van der Waals surface area contributed by atoms with Gasteiger partial charge in [-0.15, -0.1) is 0 Å². The molecule has 8 heteroatoms. The molecule has 0 unspecified atom stereocenters. The van der Waals surface area contributed by atoms with Gasteiger partial charge in [0.25, 0.3) is 0 Å². The molecule has 0 saturated heterocycles. The van der Waals surface area contributed by atoms with Gasteiger partial charge in [0, 0.05) is 6.54 Å². The van der Waals surface area contributed by atoms with Crippen molar-refractivity contribution in [3.63, 3.8) is 0 Å². The summed E-state index contributed by atoms with van der Waals surface area (Å²) in [5.74, 6) is -0.510. The second kappa shape index (κ2) is 7.59. The van der Waals surface area contributed by atoms with Gasteiger partial charge >= 0.3 is 0 Å². The van der Waals surface area contributed by atoms with Gasteiger partial charge in [0.1, 0.15) is 11.5 Å². The number of likely N-dealkylation sites (N-methyl/N-ethyl adjacent to an activating group) is 1. The molecule has 3 N–H and O–H groups in total. The SMILES string of the molecule is CNCCOCCN1c2ccccc2N(c2ccccc2F)S1(O)O. The van der Waals surface area contributed by atoms with Crippen LogP contribution in [0, 0.1) is 5.82 Å². The van der Waals surface area contributed by atoms with Crippen molar-refractivity contribution >= 4 is 28.0 Å². The Labute approximate surface area is 148 Å². The molecule has 0 atom stereocenters. The van der Waals surface area contributed by atoms with Crippen molar-refractivity contribution in [3.8, 4) is 0 Å². The molecule has 0 amide bonds. The lowest BCUT2D eigenvalue weighted by Crippen LogP contribution is -2.34. The zero-order valence-electron chi connectivity index (χ0n) is 13.9. The largest absolute Gasteiger partial charge is 0.378 e. The molecular weight excluding hydrogens is 345 g/mol. The van der Waals surface area contributed by atoms with Crippen LogP contribution in [0.15, 0.2) is 48.5 Å². The predicted octanol–water partition coefficient (Wildman–Crippen LogP) is 3.60. The lowest BCUT2D eigenvalue weighted by molar-refractivity contribution is 0.145. The fraction of sp³-hybridized carbons (Fsp3) is 0.294. The van der Waals surface area contributed by atoms with Crippen LogP contribution in [0.25, 0.3) is 0 Å². The molecule has 2 aromatic rings. The molecule has 6 nitrogen and oxygen atoms in total. The number of halogens is 1. The maximum atomic E-state index is 14.3. The minimum atomic E-state index is -3.42. The van der Waals surface area contributed by atoms with E-state index < -0.39 is 16.8 Å². The number of para-hydroxylation sites is 3. The zero-order valence-corrected chi connectivity index (χ0v) is 14.7. The van der Waals surface area contributed by atoms with Crippen LogP contribution in [0.5, 0.6) is 0 Å². The number of hydrogen-bond acceptors (Lipinski definition) is 6. The predicted molar refractivity (Wildman–Crippen MR) is 99.9 cm³/mol. The lowest BCUT2D eigenvalue weighted by Gasteiger charge is -2.43. The molecule has 0 spiro atoms. The molecule has 0 bridgehead atoms. The molecule has 1 heterocycles. The van der Waals surface area contributed by atoms with E-state index >= 15 is 0 Å². The minimum absolute atomic E-state index is 0.133. The Bertz CT molecular complexity index is 732. The van der Waals surface area contributed by atoms with E-state index in [1.807, 2.05) is 13.1 Å². The fourth-order valence-electron chi connectivity index (χ4n) is 2.75. The first-order valence-corrected chi connectivity index (χ1v) is 9.45. The monoisotopic (exact) mass is 367 g/mol. The summed E-state index contributed by atoms with van der Waals surface area (Å²) in [4.78, 5) is 0. The first kappa shape index (κ1) is 18.0. The smallest absolute Gasteiger partial charge is 0.148 e. The topological polar surface area (TPSA) is 68.2 Å². The Kier molecular flexibility index (Phi) is 5.45. The van der Waals surface area contributed by atoms with E-state index in [2.05, 4.69) is 5.32 Å². The summed E-state index contributed by atoms with van der Waals surface area (Å²) in [5, 5.41) is 2.98. The molecule has 0 aliphatic carbocycles. The zero-order chi connectivity index (χ0) is 17.9. The summed E-state index contributed by atoms with van der Waals surface area (Å²) in [6.07, 6.45) is 0. The quantitative estimate of drug-likeness (QED) is 0.650. The van der Waals surface area contributed by atoms with Gasteiger partial charge in [0.15, 0.2) is 0 Å². The van der Waals surface area contributed by atoms with Gasteiger partial charge in [-0.3, -0.25) is 9.11 Å². The molecular formula is C17H22FN3O3S. The third-order valence-electron chi connectivity index (χ3n) is 3.92. The highest BCUT2D eigenvalue weighted by atomic mass is 32.3. The Balaban J connectivity index is 1.90. The molecule has 1 aliphatic rings. The Hall–Kier alpha value is -1.84. The van der Waals surface area contributed by atoms with Crippen molar-refractivity contribution < 1.29 is 18.2 Å². The number of nitrogens with one attached hydrogen (secondary N) is 1. The van der Waals surface area contributed by atoms with Crippen molar-refractivity contribution in [1.29, 1.82) is 0 Å². The molecule has 0 radical (unpaired) electrons. The molecule has 25 heavy (non-hydrogen) atoms. The third-order valence-corrected chi connectivity index (χ3v) is 5.77. The lowest BCUT2D eigenvalue weighted by atomic mass is 10.2. The van der Waals surface area contributed by atoms with Crippen molar-refractivity contribution in [2.75, 3.05) is 42.0 Å². The number of rotatable bonds is 7. The summed E-state index contributed by atoms with van der Waals surface area (Å²) >= 11 is 0. The van der Waals surface area contributed by atoms with Crippen LogP contribution in [-0.2, 0) is 4.74 Å². The first-order valence-electron chi connectivity index (χ1n) is 7.99. The van der Waals surface area contributed by atoms with Crippen LogP contribution in [0.4, 0.5) is 21.5 Å². The number of nitrogens with zero attached hydrogens (tertiary/aromatic N) is 2. The van der Waals surface area contributed by atoms with Gasteiger partial charge in [-0.05, 0) is 42.3 Å². The van der Waals surface area contributed by atoms with E-state index in [1.54, 1.807) is 30.3 Å². The number of anilines is 3. The van der Waals surface area contributed by atoms with E-state index in [0.29, 0.717) is 31.1 Å². The molecule has 2 aromatic carbocycles. The third kappa shape index (κ3) is 3.44. The van der Waals surface area contributed by atoms with Gasteiger partial charge in [0.05, 0.1) is 31.1 Å². The fourth-order valence-corrected chi connectivity index (χ4v) is 4.52. The molecule has 1 aliphatic heterocycles. The van der Waals surface area contributed by atoms with E-state index in [-0.39, 0.29) is 12.2 Å². The number of ether oxygens (including phenoxy) is 1. The molecule has 3 rings (SSSR count). The average molecular weight is 367 g/mol. The minimum Gasteiger partial charge on any atom is -0.378 e. The highest BCUT2D eigenvalue weighted by Crippen LogP contribution is 2.64. The average Bonchev–Trinajstić information content (AvgIpc) is 2.82. The van der Waals surface area contributed by atoms with Gasteiger partial charge in [-0.25, -0.2) is 13.0 Å². The summed E-state index contributed by atoms with van der Waals surface area (Å²) in [5.41, 5.74) is 1.33. The highest BCUT2D eigenvalue weighted by Gasteiger charge is 2.42. The van der Waals surface area contributed by atoms with Crippen molar-refractivity contribution in [2.45, 2.75) is 0 Å². The van der Waals surface area contributed by atoms with Gasteiger partial charge in [-0.2, -0.15) is 0 Å². The standard InChI is InChI=1S/C17H22FN3O3S/c1-19-10-12-24-13-11-20-16-8-4-5-9-17(16)21(25(20,22)23)15-7-3-2-6-14(15)18/h2-9,19,22-23H,10-13H2,1H3. The molecule has 0 saturated carbocycles. The normalized spacial score (nSPS) is 16.8. The first-order chi connectivity index (χ1) is 12.1.